The van der Waals surface area contributed by atoms with Crippen molar-refractivity contribution in [3.8, 4) is 11.1 Å². The molecule has 3 heterocycles. The molecular formula is C23H26Cl3N5O. The van der Waals surface area contributed by atoms with E-state index in [0.29, 0.717) is 6.04 Å². The number of carbonyl (C=O) groups is 1. The highest BCUT2D eigenvalue weighted by Gasteiger charge is 2.24. The molecule has 0 saturated heterocycles. The van der Waals surface area contributed by atoms with Crippen molar-refractivity contribution in [2.45, 2.75) is 31.8 Å². The number of anilines is 1. The largest absolute Gasteiger partial charge is 0.323 e. The van der Waals surface area contributed by atoms with Crippen LogP contribution in [0.15, 0.2) is 55.1 Å². The van der Waals surface area contributed by atoms with Crippen LogP contribution in [-0.4, -0.2) is 27.2 Å². The molecule has 2 N–H and O–H groups in total. The molecule has 0 bridgehead atoms. The Kier molecular flexibility index (Phi) is 9.28. The molecule has 1 aromatic carbocycles. The van der Waals surface area contributed by atoms with E-state index in [2.05, 4.69) is 39.0 Å². The van der Waals surface area contributed by atoms with Crippen molar-refractivity contribution in [1.29, 1.82) is 0 Å². The second-order valence-corrected chi connectivity index (χ2v) is 7.64. The number of pyridine rings is 1. The third-order valence-electron chi connectivity index (χ3n) is 5.46. The number of amides is 1. The van der Waals surface area contributed by atoms with Crippen molar-refractivity contribution < 1.29 is 4.79 Å². The Labute approximate surface area is 206 Å². The van der Waals surface area contributed by atoms with Gasteiger partial charge in [-0.05, 0) is 66.8 Å². The highest BCUT2D eigenvalue weighted by molar-refractivity contribution is 6.02. The standard InChI is InChI=1S/C23H23N5O.3ClH/c29-23(27-20-3-1-16-7-9-24-13-18(16)11-20)6-2-17-12-25-10-8-22(17)19-14-26-28(15-19)21-4-5-21;;;/h1-3,6,8,10-12,14-15,21,24H,4-5,7,9,13H2,(H,27,29);3*1H/b6-2+;;;. The Morgan fingerprint density at radius 1 is 1.12 bits per heavy atom. The molecule has 2 aromatic heterocycles. The maximum atomic E-state index is 12.5. The molecule has 3 aromatic rings. The molecule has 170 valence electrons. The molecule has 1 saturated carbocycles. The van der Waals surface area contributed by atoms with Crippen LogP contribution in [0.2, 0.25) is 0 Å². The predicted molar refractivity (Wildman–Crippen MR) is 135 cm³/mol. The molecule has 6 nitrogen and oxygen atoms in total. The van der Waals surface area contributed by atoms with Crippen molar-refractivity contribution in [2.75, 3.05) is 11.9 Å². The zero-order chi connectivity index (χ0) is 19.6. The summed E-state index contributed by atoms with van der Waals surface area (Å²) in [5.41, 5.74) is 6.38. The molecular weight excluding hydrogens is 469 g/mol. The van der Waals surface area contributed by atoms with Crippen LogP contribution in [0.3, 0.4) is 0 Å². The Balaban J connectivity index is 0.00000121. The topological polar surface area (TPSA) is 71.8 Å². The third kappa shape index (κ3) is 5.90. The maximum absolute atomic E-state index is 12.5. The Hall–Kier alpha value is -2.38. The fraction of sp³-hybridized carbons (Fsp3) is 0.261. The average Bonchev–Trinajstić information content (AvgIpc) is 3.49. The first-order chi connectivity index (χ1) is 14.3. The highest BCUT2D eigenvalue weighted by atomic mass is 35.5. The quantitative estimate of drug-likeness (QED) is 0.498. The summed E-state index contributed by atoms with van der Waals surface area (Å²) in [4.78, 5) is 16.7. The predicted octanol–water partition coefficient (Wildman–Crippen LogP) is 4.84. The number of carbonyl (C=O) groups excluding carboxylic acids is 1. The SMILES string of the molecule is Cl.Cl.Cl.O=C(/C=C/c1cnccc1-c1cnn(C2CC2)c1)Nc1ccc2c(c1)CNCC2. The normalized spacial score (nSPS) is 14.5. The number of aromatic nitrogens is 3. The first kappa shape index (κ1) is 25.9. The van der Waals surface area contributed by atoms with Gasteiger partial charge in [-0.25, -0.2) is 0 Å². The minimum absolute atomic E-state index is 0. The Morgan fingerprint density at radius 3 is 2.78 bits per heavy atom. The van der Waals surface area contributed by atoms with E-state index in [9.17, 15) is 4.79 Å². The van der Waals surface area contributed by atoms with Crippen LogP contribution in [0.25, 0.3) is 17.2 Å². The number of fused-ring (bicyclic) bond motifs is 1. The van der Waals surface area contributed by atoms with Crippen molar-refractivity contribution >= 4 is 54.9 Å². The summed E-state index contributed by atoms with van der Waals surface area (Å²) in [5.74, 6) is -0.155. The fourth-order valence-electron chi connectivity index (χ4n) is 3.73. The number of hydrogen-bond donors (Lipinski definition) is 2. The molecule has 0 spiro atoms. The monoisotopic (exact) mass is 493 g/mol. The van der Waals surface area contributed by atoms with Gasteiger partial charge >= 0.3 is 0 Å². The molecule has 1 amide bonds. The fourth-order valence-corrected chi connectivity index (χ4v) is 3.73. The van der Waals surface area contributed by atoms with E-state index < -0.39 is 0 Å². The molecule has 1 fully saturated rings. The number of hydrogen-bond acceptors (Lipinski definition) is 4. The second-order valence-electron chi connectivity index (χ2n) is 7.64. The lowest BCUT2D eigenvalue weighted by Gasteiger charge is -2.17. The van der Waals surface area contributed by atoms with Crippen molar-refractivity contribution in [2.24, 2.45) is 0 Å². The van der Waals surface area contributed by atoms with E-state index >= 15 is 0 Å². The van der Waals surface area contributed by atoms with E-state index in [0.717, 1.165) is 41.9 Å². The number of nitrogens with one attached hydrogen (secondary N) is 2. The van der Waals surface area contributed by atoms with Crippen LogP contribution in [0.4, 0.5) is 5.69 Å². The number of rotatable bonds is 5. The van der Waals surface area contributed by atoms with Crippen LogP contribution < -0.4 is 10.6 Å². The van der Waals surface area contributed by atoms with Crippen LogP contribution >= 0.6 is 37.2 Å². The highest BCUT2D eigenvalue weighted by Crippen LogP contribution is 2.35. The van der Waals surface area contributed by atoms with Crippen LogP contribution in [0.5, 0.6) is 0 Å². The van der Waals surface area contributed by atoms with Gasteiger partial charge in [0.2, 0.25) is 5.91 Å². The van der Waals surface area contributed by atoms with Crippen molar-refractivity contribution in [3.05, 3.63) is 71.8 Å². The van der Waals surface area contributed by atoms with Gasteiger partial charge in [-0.15, -0.1) is 37.2 Å². The summed E-state index contributed by atoms with van der Waals surface area (Å²) in [5, 5.41) is 10.8. The van der Waals surface area contributed by atoms with Gasteiger partial charge in [-0.2, -0.15) is 5.10 Å². The van der Waals surface area contributed by atoms with E-state index in [1.807, 2.05) is 29.1 Å². The first-order valence-electron chi connectivity index (χ1n) is 10.1. The number of halogens is 3. The maximum Gasteiger partial charge on any atom is 0.248 e. The van der Waals surface area contributed by atoms with Gasteiger partial charge in [-0.3, -0.25) is 14.5 Å². The lowest BCUT2D eigenvalue weighted by atomic mass is 10.0. The zero-order valence-electron chi connectivity index (χ0n) is 17.4. The summed E-state index contributed by atoms with van der Waals surface area (Å²) in [6.45, 7) is 1.86. The Bertz CT molecular complexity index is 1090. The van der Waals surface area contributed by atoms with E-state index in [1.54, 1.807) is 18.5 Å². The summed E-state index contributed by atoms with van der Waals surface area (Å²) in [7, 11) is 0. The summed E-state index contributed by atoms with van der Waals surface area (Å²) < 4.78 is 2.03. The van der Waals surface area contributed by atoms with Crippen LogP contribution in [0, 0.1) is 0 Å². The summed E-state index contributed by atoms with van der Waals surface area (Å²) >= 11 is 0. The number of benzene rings is 1. The van der Waals surface area contributed by atoms with E-state index in [4.69, 9.17) is 0 Å². The molecule has 32 heavy (non-hydrogen) atoms. The smallest absolute Gasteiger partial charge is 0.248 e. The minimum Gasteiger partial charge on any atom is -0.323 e. The van der Waals surface area contributed by atoms with Crippen LogP contribution in [0.1, 0.15) is 35.6 Å². The molecule has 0 atom stereocenters. The third-order valence-corrected chi connectivity index (χ3v) is 5.46. The van der Waals surface area contributed by atoms with E-state index in [-0.39, 0.29) is 43.1 Å². The first-order valence-corrected chi connectivity index (χ1v) is 10.1. The molecule has 2 aliphatic rings. The molecule has 9 heteroatoms. The molecule has 1 aliphatic heterocycles. The molecule has 0 radical (unpaired) electrons. The molecule has 5 rings (SSSR count). The van der Waals surface area contributed by atoms with Gasteiger partial charge < -0.3 is 10.6 Å². The van der Waals surface area contributed by atoms with Gasteiger partial charge in [0.1, 0.15) is 0 Å². The molecule has 1 aliphatic carbocycles. The van der Waals surface area contributed by atoms with Crippen molar-refractivity contribution in [3.63, 3.8) is 0 Å². The van der Waals surface area contributed by atoms with Gasteiger partial charge in [-0.1, -0.05) is 6.07 Å². The van der Waals surface area contributed by atoms with Gasteiger partial charge in [0, 0.05) is 48.0 Å². The second kappa shape index (κ2) is 11.5. The summed E-state index contributed by atoms with van der Waals surface area (Å²) in [6.07, 6.45) is 14.3. The molecule has 0 unspecified atom stereocenters. The summed E-state index contributed by atoms with van der Waals surface area (Å²) in [6, 6.07) is 8.63. The minimum atomic E-state index is -0.155. The lowest BCUT2D eigenvalue weighted by molar-refractivity contribution is -0.111. The zero-order valence-corrected chi connectivity index (χ0v) is 19.8. The Morgan fingerprint density at radius 2 is 1.97 bits per heavy atom. The van der Waals surface area contributed by atoms with Gasteiger partial charge in [0.05, 0.1) is 12.2 Å². The van der Waals surface area contributed by atoms with Gasteiger partial charge in [0.25, 0.3) is 0 Å². The van der Waals surface area contributed by atoms with E-state index in [1.165, 1.54) is 24.0 Å². The average molecular weight is 495 g/mol. The van der Waals surface area contributed by atoms with Crippen LogP contribution in [-0.2, 0) is 17.8 Å². The number of nitrogens with zero attached hydrogens (tertiary/aromatic N) is 3. The van der Waals surface area contributed by atoms with Crippen molar-refractivity contribution in [1.82, 2.24) is 20.1 Å². The lowest BCUT2D eigenvalue weighted by Crippen LogP contribution is -2.23. The van der Waals surface area contributed by atoms with Gasteiger partial charge in [0.15, 0.2) is 0 Å².